The first-order valence-corrected chi connectivity index (χ1v) is 6.49. The summed E-state index contributed by atoms with van der Waals surface area (Å²) in [5, 5.41) is 4.48. The van der Waals surface area contributed by atoms with Crippen molar-refractivity contribution in [1.29, 1.82) is 0 Å². The van der Waals surface area contributed by atoms with E-state index in [0.29, 0.717) is 32.2 Å². The molecule has 2 aromatic rings. The van der Waals surface area contributed by atoms with Crippen molar-refractivity contribution in [3.63, 3.8) is 0 Å². The van der Waals surface area contributed by atoms with Crippen molar-refractivity contribution in [3.05, 3.63) is 45.4 Å². The lowest BCUT2D eigenvalue weighted by Gasteiger charge is -2.12. The van der Waals surface area contributed by atoms with Crippen LogP contribution in [0.4, 0.5) is 17.1 Å². The number of ether oxygens (including phenoxy) is 1. The Hall–Kier alpha value is -1.29. The van der Waals surface area contributed by atoms with Gasteiger partial charge < -0.3 is 15.8 Å². The lowest BCUT2D eigenvalue weighted by Crippen LogP contribution is -1.95. The van der Waals surface area contributed by atoms with E-state index < -0.39 is 0 Å². The van der Waals surface area contributed by atoms with Crippen LogP contribution in [0.25, 0.3) is 0 Å². The quantitative estimate of drug-likeness (QED) is 0.785. The first-order chi connectivity index (χ1) is 9.01. The van der Waals surface area contributed by atoms with Gasteiger partial charge in [-0.05, 0) is 30.3 Å². The minimum Gasteiger partial charge on any atom is -0.495 e. The Bertz CT molecular complexity index is 594. The van der Waals surface area contributed by atoms with E-state index in [1.807, 2.05) is 6.07 Å². The summed E-state index contributed by atoms with van der Waals surface area (Å²) < 4.78 is 5.08. The average Bonchev–Trinajstić information content (AvgIpc) is 2.34. The molecule has 3 nitrogen and oxygen atoms in total. The Labute approximate surface area is 126 Å². The molecule has 0 spiro atoms. The third-order valence-corrected chi connectivity index (χ3v) is 3.38. The Morgan fingerprint density at radius 1 is 1.00 bits per heavy atom. The molecule has 0 bridgehead atoms. The summed E-state index contributed by atoms with van der Waals surface area (Å²) in [6.07, 6.45) is 0. The monoisotopic (exact) mass is 316 g/mol. The highest BCUT2D eigenvalue weighted by Crippen LogP contribution is 2.36. The summed E-state index contributed by atoms with van der Waals surface area (Å²) in [5.74, 6) is 0.599. The van der Waals surface area contributed by atoms with Gasteiger partial charge in [-0.1, -0.05) is 34.8 Å². The van der Waals surface area contributed by atoms with Gasteiger partial charge in [-0.25, -0.2) is 0 Å². The Morgan fingerprint density at radius 3 is 2.16 bits per heavy atom. The fourth-order valence-electron chi connectivity index (χ4n) is 1.60. The molecular formula is C13H11Cl3N2O. The molecule has 0 aromatic heterocycles. The van der Waals surface area contributed by atoms with E-state index in [9.17, 15) is 0 Å². The van der Waals surface area contributed by atoms with Crippen molar-refractivity contribution in [2.45, 2.75) is 0 Å². The Balaban J connectivity index is 2.34. The van der Waals surface area contributed by atoms with E-state index in [4.69, 9.17) is 45.3 Å². The van der Waals surface area contributed by atoms with Crippen molar-refractivity contribution < 1.29 is 4.74 Å². The zero-order valence-electron chi connectivity index (χ0n) is 10.0. The van der Waals surface area contributed by atoms with Crippen LogP contribution in [-0.4, -0.2) is 7.11 Å². The van der Waals surface area contributed by atoms with Crippen LogP contribution in [0.5, 0.6) is 5.75 Å². The van der Waals surface area contributed by atoms with Crippen molar-refractivity contribution in [2.75, 3.05) is 18.2 Å². The fraction of sp³-hybridized carbons (Fsp3) is 0.0769. The van der Waals surface area contributed by atoms with E-state index in [0.717, 1.165) is 5.69 Å². The molecule has 0 radical (unpaired) electrons. The summed E-state index contributed by atoms with van der Waals surface area (Å²) in [5.41, 5.74) is 7.49. The number of nitrogens with two attached hydrogens (primary N) is 1. The Morgan fingerprint density at radius 2 is 1.63 bits per heavy atom. The lowest BCUT2D eigenvalue weighted by atomic mass is 10.2. The summed E-state index contributed by atoms with van der Waals surface area (Å²) in [6, 6.07) is 8.54. The van der Waals surface area contributed by atoms with Gasteiger partial charge in [0.05, 0.1) is 27.9 Å². The van der Waals surface area contributed by atoms with E-state index in [-0.39, 0.29) is 0 Å². The van der Waals surface area contributed by atoms with Gasteiger partial charge in [0.1, 0.15) is 5.75 Å². The van der Waals surface area contributed by atoms with Gasteiger partial charge in [-0.3, -0.25) is 0 Å². The molecule has 19 heavy (non-hydrogen) atoms. The van der Waals surface area contributed by atoms with Gasteiger partial charge >= 0.3 is 0 Å². The number of nitrogens with one attached hydrogen (secondary N) is 1. The van der Waals surface area contributed by atoms with Gasteiger partial charge in [0.15, 0.2) is 0 Å². The van der Waals surface area contributed by atoms with Crippen LogP contribution < -0.4 is 15.8 Å². The van der Waals surface area contributed by atoms with E-state index >= 15 is 0 Å². The summed E-state index contributed by atoms with van der Waals surface area (Å²) in [7, 11) is 1.56. The van der Waals surface area contributed by atoms with Crippen LogP contribution in [0.2, 0.25) is 15.1 Å². The summed E-state index contributed by atoms with van der Waals surface area (Å²) in [4.78, 5) is 0. The van der Waals surface area contributed by atoms with Crippen molar-refractivity contribution >= 4 is 51.9 Å². The van der Waals surface area contributed by atoms with Crippen molar-refractivity contribution in [2.24, 2.45) is 0 Å². The normalized spacial score (nSPS) is 10.3. The second-order valence-corrected chi connectivity index (χ2v) is 5.06. The predicted molar refractivity (Wildman–Crippen MR) is 82.2 cm³/mol. The molecule has 0 aliphatic rings. The third kappa shape index (κ3) is 3.18. The van der Waals surface area contributed by atoms with Crippen LogP contribution in [0.15, 0.2) is 30.3 Å². The van der Waals surface area contributed by atoms with Gasteiger partial charge in [-0.2, -0.15) is 0 Å². The van der Waals surface area contributed by atoms with Crippen LogP contribution in [-0.2, 0) is 0 Å². The molecule has 2 aromatic carbocycles. The van der Waals surface area contributed by atoms with Gasteiger partial charge in [-0.15, -0.1) is 0 Å². The highest BCUT2D eigenvalue weighted by Gasteiger charge is 2.09. The van der Waals surface area contributed by atoms with Crippen LogP contribution in [0, 0.1) is 0 Å². The number of anilines is 3. The first kappa shape index (κ1) is 14.1. The molecule has 0 aliphatic carbocycles. The standard InChI is InChI=1S/C13H11Cl3N2O/c1-19-12-3-2-8(6-9(12)14)18-13-10(15)4-7(17)5-11(13)16/h2-6,18H,17H2,1H3. The fourth-order valence-corrected chi connectivity index (χ4v) is 2.46. The summed E-state index contributed by atoms with van der Waals surface area (Å²) in [6.45, 7) is 0. The molecule has 3 N–H and O–H groups in total. The Kier molecular flexibility index (Phi) is 4.30. The maximum atomic E-state index is 6.10. The van der Waals surface area contributed by atoms with Gasteiger partial charge in [0, 0.05) is 11.4 Å². The third-order valence-electron chi connectivity index (χ3n) is 2.49. The molecule has 0 aliphatic heterocycles. The molecule has 0 amide bonds. The molecule has 0 atom stereocenters. The summed E-state index contributed by atoms with van der Waals surface area (Å²) >= 11 is 18.2. The molecule has 6 heteroatoms. The van der Waals surface area contributed by atoms with Crippen molar-refractivity contribution in [1.82, 2.24) is 0 Å². The van der Waals surface area contributed by atoms with E-state index in [2.05, 4.69) is 5.32 Å². The first-order valence-electron chi connectivity index (χ1n) is 5.36. The van der Waals surface area contributed by atoms with E-state index in [1.54, 1.807) is 31.4 Å². The highest BCUT2D eigenvalue weighted by atomic mass is 35.5. The SMILES string of the molecule is COc1ccc(Nc2c(Cl)cc(N)cc2Cl)cc1Cl. The molecule has 0 fully saturated rings. The molecule has 0 heterocycles. The van der Waals surface area contributed by atoms with Crippen LogP contribution in [0.3, 0.4) is 0 Å². The largest absolute Gasteiger partial charge is 0.495 e. The number of halogens is 3. The molecule has 0 saturated heterocycles. The second kappa shape index (κ2) is 5.78. The number of hydrogen-bond acceptors (Lipinski definition) is 3. The van der Waals surface area contributed by atoms with Gasteiger partial charge in [0.2, 0.25) is 0 Å². The number of nitrogen functional groups attached to an aromatic ring is 1. The predicted octanol–water partition coefficient (Wildman–Crippen LogP) is 4.98. The van der Waals surface area contributed by atoms with Crippen molar-refractivity contribution in [3.8, 4) is 5.75 Å². The maximum absolute atomic E-state index is 6.10. The lowest BCUT2D eigenvalue weighted by molar-refractivity contribution is 0.415. The van der Waals surface area contributed by atoms with Gasteiger partial charge in [0.25, 0.3) is 0 Å². The molecular weight excluding hydrogens is 307 g/mol. The number of rotatable bonds is 3. The molecule has 100 valence electrons. The minimum absolute atomic E-state index is 0.442. The molecule has 0 unspecified atom stereocenters. The zero-order valence-corrected chi connectivity index (χ0v) is 12.3. The van der Waals surface area contributed by atoms with E-state index in [1.165, 1.54) is 0 Å². The van der Waals surface area contributed by atoms with Crippen LogP contribution >= 0.6 is 34.8 Å². The zero-order chi connectivity index (χ0) is 14.0. The second-order valence-electron chi connectivity index (χ2n) is 3.83. The number of methoxy groups -OCH3 is 1. The number of hydrogen-bond donors (Lipinski definition) is 2. The number of benzene rings is 2. The molecule has 2 rings (SSSR count). The molecule has 0 saturated carbocycles. The minimum atomic E-state index is 0.442. The topological polar surface area (TPSA) is 47.3 Å². The van der Waals surface area contributed by atoms with Crippen LogP contribution in [0.1, 0.15) is 0 Å². The average molecular weight is 318 g/mol. The maximum Gasteiger partial charge on any atom is 0.137 e. The highest BCUT2D eigenvalue weighted by molar-refractivity contribution is 6.39. The smallest absolute Gasteiger partial charge is 0.137 e.